The van der Waals surface area contributed by atoms with Crippen molar-refractivity contribution in [3.05, 3.63) is 66.1 Å². The van der Waals surface area contributed by atoms with Gasteiger partial charge in [0.2, 0.25) is 11.8 Å². The first-order valence-corrected chi connectivity index (χ1v) is 9.16. The number of benzene rings is 2. The normalized spacial score (nSPS) is 11.0. The molecule has 2 heterocycles. The summed E-state index contributed by atoms with van der Waals surface area (Å²) in [5, 5.41) is 17.6. The van der Waals surface area contributed by atoms with Crippen molar-refractivity contribution in [2.75, 3.05) is 0 Å². The lowest BCUT2D eigenvalue weighted by atomic mass is 10.1. The lowest BCUT2D eigenvalue weighted by Crippen LogP contribution is -1.95. The SMILES string of the molecule is Cc1cccc(-c2nnc(SCc3nnc(-c4ccccc4)o3)n2C)c1. The zero-order valence-corrected chi connectivity index (χ0v) is 15.3. The van der Waals surface area contributed by atoms with E-state index >= 15 is 0 Å². The fraction of sp³-hybridized carbons (Fsp3) is 0.158. The first kappa shape index (κ1) is 16.5. The zero-order chi connectivity index (χ0) is 17.9. The van der Waals surface area contributed by atoms with E-state index in [-0.39, 0.29) is 0 Å². The number of hydrogen-bond acceptors (Lipinski definition) is 6. The molecular formula is C19H17N5OS. The Morgan fingerprint density at radius 3 is 2.54 bits per heavy atom. The lowest BCUT2D eigenvalue weighted by Gasteiger charge is -2.03. The van der Waals surface area contributed by atoms with Crippen LogP contribution in [-0.2, 0) is 12.8 Å². The first-order valence-electron chi connectivity index (χ1n) is 8.18. The Balaban J connectivity index is 1.48. The summed E-state index contributed by atoms with van der Waals surface area (Å²) >= 11 is 1.52. The van der Waals surface area contributed by atoms with Crippen molar-refractivity contribution in [1.82, 2.24) is 25.0 Å². The lowest BCUT2D eigenvalue weighted by molar-refractivity contribution is 0.528. The minimum Gasteiger partial charge on any atom is -0.420 e. The maximum absolute atomic E-state index is 5.74. The minimum atomic E-state index is 0.527. The highest BCUT2D eigenvalue weighted by atomic mass is 32.2. The highest BCUT2D eigenvalue weighted by molar-refractivity contribution is 7.98. The van der Waals surface area contributed by atoms with Gasteiger partial charge in [-0.25, -0.2) is 0 Å². The van der Waals surface area contributed by atoms with E-state index in [1.165, 1.54) is 17.3 Å². The van der Waals surface area contributed by atoms with E-state index in [0.717, 1.165) is 22.1 Å². The van der Waals surface area contributed by atoms with Gasteiger partial charge in [0.25, 0.3) is 0 Å². The van der Waals surface area contributed by atoms with Crippen LogP contribution >= 0.6 is 11.8 Å². The second-order valence-corrected chi connectivity index (χ2v) is 6.83. The molecule has 0 fully saturated rings. The molecule has 0 amide bonds. The number of aryl methyl sites for hydroxylation is 1. The Hall–Kier alpha value is -2.93. The van der Waals surface area contributed by atoms with Crippen LogP contribution in [0.5, 0.6) is 0 Å². The van der Waals surface area contributed by atoms with Gasteiger partial charge >= 0.3 is 0 Å². The van der Waals surface area contributed by atoms with Crippen LogP contribution < -0.4 is 0 Å². The molecule has 0 aliphatic carbocycles. The molecule has 6 nitrogen and oxygen atoms in total. The molecule has 0 atom stereocenters. The molecule has 4 rings (SSSR count). The molecule has 0 spiro atoms. The Kier molecular flexibility index (Phi) is 4.53. The largest absolute Gasteiger partial charge is 0.420 e. The number of thioether (sulfide) groups is 1. The van der Waals surface area contributed by atoms with Gasteiger partial charge in [-0.15, -0.1) is 20.4 Å². The molecule has 0 bridgehead atoms. The van der Waals surface area contributed by atoms with Crippen molar-refractivity contribution >= 4 is 11.8 Å². The van der Waals surface area contributed by atoms with Crippen LogP contribution in [0.25, 0.3) is 22.8 Å². The molecule has 130 valence electrons. The van der Waals surface area contributed by atoms with Gasteiger partial charge in [-0.3, -0.25) is 0 Å². The van der Waals surface area contributed by atoms with Gasteiger partial charge in [-0.2, -0.15) is 0 Å². The van der Waals surface area contributed by atoms with E-state index in [2.05, 4.69) is 39.5 Å². The summed E-state index contributed by atoms with van der Waals surface area (Å²) in [6.45, 7) is 2.06. The maximum atomic E-state index is 5.74. The van der Waals surface area contributed by atoms with Crippen molar-refractivity contribution in [3.8, 4) is 22.8 Å². The summed E-state index contributed by atoms with van der Waals surface area (Å²) in [7, 11) is 1.96. The van der Waals surface area contributed by atoms with Crippen LogP contribution in [0.3, 0.4) is 0 Å². The Morgan fingerprint density at radius 2 is 1.73 bits per heavy atom. The van der Waals surface area contributed by atoms with E-state index in [9.17, 15) is 0 Å². The van der Waals surface area contributed by atoms with E-state index < -0.39 is 0 Å². The Morgan fingerprint density at radius 1 is 0.923 bits per heavy atom. The number of rotatable bonds is 5. The quantitative estimate of drug-likeness (QED) is 0.497. The van der Waals surface area contributed by atoms with Crippen molar-refractivity contribution in [1.29, 1.82) is 0 Å². The Labute approximate surface area is 155 Å². The third-order valence-corrected chi connectivity index (χ3v) is 4.93. The molecule has 0 radical (unpaired) electrons. The monoisotopic (exact) mass is 363 g/mol. The predicted molar refractivity (Wildman–Crippen MR) is 100 cm³/mol. The fourth-order valence-corrected chi connectivity index (χ4v) is 3.36. The van der Waals surface area contributed by atoms with Crippen LogP contribution in [0, 0.1) is 6.92 Å². The van der Waals surface area contributed by atoms with Crippen LogP contribution in [0.4, 0.5) is 0 Å². The molecule has 7 heteroatoms. The van der Waals surface area contributed by atoms with E-state index in [4.69, 9.17) is 4.42 Å². The van der Waals surface area contributed by atoms with E-state index in [1.807, 2.05) is 54.1 Å². The van der Waals surface area contributed by atoms with Crippen LogP contribution in [-0.4, -0.2) is 25.0 Å². The summed E-state index contributed by atoms with van der Waals surface area (Å²) in [5.41, 5.74) is 3.16. The molecule has 26 heavy (non-hydrogen) atoms. The van der Waals surface area contributed by atoms with Gasteiger partial charge in [-0.1, -0.05) is 53.7 Å². The standard InChI is InChI=1S/C19H17N5OS/c1-13-7-6-10-15(11-13)17-21-23-19(24(17)2)26-12-16-20-22-18(25-16)14-8-4-3-5-9-14/h3-11H,12H2,1-2H3. The fourth-order valence-electron chi connectivity index (χ4n) is 2.61. The zero-order valence-electron chi connectivity index (χ0n) is 14.5. The summed E-state index contributed by atoms with van der Waals surface area (Å²) in [6, 6.07) is 18.0. The van der Waals surface area contributed by atoms with Crippen molar-refractivity contribution in [2.24, 2.45) is 7.05 Å². The second-order valence-electron chi connectivity index (χ2n) is 5.89. The van der Waals surface area contributed by atoms with Crippen molar-refractivity contribution in [3.63, 3.8) is 0 Å². The third kappa shape index (κ3) is 3.39. The van der Waals surface area contributed by atoms with Crippen molar-refractivity contribution < 1.29 is 4.42 Å². The molecule has 0 saturated carbocycles. The highest BCUT2D eigenvalue weighted by Crippen LogP contribution is 2.26. The van der Waals surface area contributed by atoms with Crippen LogP contribution in [0.15, 0.2) is 64.2 Å². The van der Waals surface area contributed by atoms with Crippen LogP contribution in [0.1, 0.15) is 11.5 Å². The van der Waals surface area contributed by atoms with Gasteiger partial charge < -0.3 is 8.98 Å². The smallest absolute Gasteiger partial charge is 0.247 e. The van der Waals surface area contributed by atoms with Gasteiger partial charge in [0, 0.05) is 18.2 Å². The molecule has 0 saturated heterocycles. The van der Waals surface area contributed by atoms with Gasteiger partial charge in [-0.05, 0) is 25.1 Å². The summed E-state index contributed by atoms with van der Waals surface area (Å²) in [5.74, 6) is 2.47. The molecule has 0 aliphatic rings. The third-order valence-electron chi connectivity index (χ3n) is 3.92. The topological polar surface area (TPSA) is 69.6 Å². The van der Waals surface area contributed by atoms with Gasteiger partial charge in [0.15, 0.2) is 11.0 Å². The summed E-state index contributed by atoms with van der Waals surface area (Å²) < 4.78 is 7.72. The molecule has 0 unspecified atom stereocenters. The molecule has 2 aromatic heterocycles. The number of aromatic nitrogens is 5. The maximum Gasteiger partial charge on any atom is 0.247 e. The molecule has 0 aliphatic heterocycles. The van der Waals surface area contributed by atoms with Gasteiger partial charge in [0.05, 0.1) is 5.75 Å². The van der Waals surface area contributed by atoms with Gasteiger partial charge in [0.1, 0.15) is 0 Å². The molecular weight excluding hydrogens is 346 g/mol. The Bertz CT molecular complexity index is 1030. The number of nitrogens with zero attached hydrogens (tertiary/aromatic N) is 5. The average Bonchev–Trinajstić information content (AvgIpc) is 3.28. The summed E-state index contributed by atoms with van der Waals surface area (Å²) in [6.07, 6.45) is 0. The second kappa shape index (κ2) is 7.13. The van der Waals surface area contributed by atoms with E-state index in [0.29, 0.717) is 17.5 Å². The van der Waals surface area contributed by atoms with Crippen LogP contribution in [0.2, 0.25) is 0 Å². The van der Waals surface area contributed by atoms with Crippen molar-refractivity contribution in [2.45, 2.75) is 17.8 Å². The average molecular weight is 363 g/mol. The predicted octanol–water partition coefficient (Wildman–Crippen LogP) is 4.13. The molecule has 4 aromatic rings. The molecule has 0 N–H and O–H groups in total. The highest BCUT2D eigenvalue weighted by Gasteiger charge is 2.14. The number of hydrogen-bond donors (Lipinski definition) is 0. The molecule has 2 aromatic carbocycles. The van der Waals surface area contributed by atoms with E-state index in [1.54, 1.807) is 0 Å². The minimum absolute atomic E-state index is 0.527. The first-order chi connectivity index (χ1) is 12.7. The summed E-state index contributed by atoms with van der Waals surface area (Å²) in [4.78, 5) is 0.